The first-order valence-electron chi connectivity index (χ1n) is 6.57. The van der Waals surface area contributed by atoms with E-state index < -0.39 is 6.09 Å². The van der Waals surface area contributed by atoms with Crippen LogP contribution in [0.2, 0.25) is 0 Å². The summed E-state index contributed by atoms with van der Waals surface area (Å²) in [7, 11) is 0. The van der Waals surface area contributed by atoms with Crippen LogP contribution in [0.25, 0.3) is 0 Å². The van der Waals surface area contributed by atoms with Crippen LogP contribution in [0.15, 0.2) is 30.3 Å². The number of nitrogens with one attached hydrogen (secondary N) is 1. The molecule has 0 aliphatic rings. The van der Waals surface area contributed by atoms with Gasteiger partial charge in [-0.15, -0.1) is 0 Å². The Morgan fingerprint density at radius 1 is 1.25 bits per heavy atom. The first-order valence-corrected chi connectivity index (χ1v) is 7.34. The molecule has 0 aliphatic heterocycles. The molecule has 1 aromatic carbocycles. The predicted octanol–water partition coefficient (Wildman–Crippen LogP) is 4.53. The Labute approximate surface area is 124 Å². The van der Waals surface area contributed by atoms with E-state index in [2.05, 4.69) is 9.69 Å². The minimum absolute atomic E-state index is 0.266. The number of anilines is 1. The molecule has 5 heteroatoms. The van der Waals surface area contributed by atoms with Crippen LogP contribution in [-0.4, -0.2) is 10.5 Å². The van der Waals surface area contributed by atoms with Gasteiger partial charge in [-0.05, 0) is 30.9 Å². The molecule has 0 fully saturated rings. The Morgan fingerprint density at radius 2 is 1.90 bits per heavy atom. The summed E-state index contributed by atoms with van der Waals surface area (Å²) in [4.78, 5) is 12.6. The van der Waals surface area contributed by atoms with Gasteiger partial charge >= 0.3 is 6.09 Å². The van der Waals surface area contributed by atoms with E-state index in [4.69, 9.17) is 4.74 Å². The highest BCUT2D eigenvalue weighted by Crippen LogP contribution is 2.23. The summed E-state index contributed by atoms with van der Waals surface area (Å²) in [6.45, 7) is 8.04. The van der Waals surface area contributed by atoms with Crippen LogP contribution in [-0.2, 0) is 11.3 Å². The quantitative estimate of drug-likeness (QED) is 0.904. The highest BCUT2D eigenvalue weighted by atomic mass is 32.1. The number of hydrogen-bond donors (Lipinski definition) is 1. The lowest BCUT2D eigenvalue weighted by atomic mass is 10.2. The standard InChI is InChI=1S/C13H14N2O2S.C2H6/c1-9-12(10(2)18-15-9)14-13(16)17-8-11-6-4-3-5-7-11;1-2/h3-7H,8H2,1-2H3,(H,14,16);1-2H3. The largest absolute Gasteiger partial charge is 0.444 e. The minimum Gasteiger partial charge on any atom is -0.444 e. The lowest BCUT2D eigenvalue weighted by Gasteiger charge is -2.07. The molecule has 0 unspecified atom stereocenters. The second-order valence-corrected chi connectivity index (χ2v) is 4.86. The van der Waals surface area contributed by atoms with Crippen molar-refractivity contribution in [2.75, 3.05) is 5.32 Å². The highest BCUT2D eigenvalue weighted by molar-refractivity contribution is 7.06. The van der Waals surface area contributed by atoms with Crippen LogP contribution in [0.4, 0.5) is 10.5 Å². The number of aromatic nitrogens is 1. The van der Waals surface area contributed by atoms with Crippen LogP contribution in [0, 0.1) is 13.8 Å². The van der Waals surface area contributed by atoms with E-state index in [-0.39, 0.29) is 6.61 Å². The van der Waals surface area contributed by atoms with Gasteiger partial charge in [-0.1, -0.05) is 44.2 Å². The third-order valence-electron chi connectivity index (χ3n) is 2.47. The molecule has 1 heterocycles. The Kier molecular flexibility index (Phi) is 6.73. The lowest BCUT2D eigenvalue weighted by molar-refractivity contribution is 0.155. The number of aryl methyl sites for hydroxylation is 2. The molecule has 0 radical (unpaired) electrons. The topological polar surface area (TPSA) is 51.2 Å². The number of ether oxygens (including phenoxy) is 1. The molecule has 108 valence electrons. The first-order chi connectivity index (χ1) is 9.66. The molecule has 0 spiro atoms. The van der Waals surface area contributed by atoms with Crippen molar-refractivity contribution in [3.05, 3.63) is 46.5 Å². The third kappa shape index (κ3) is 4.66. The highest BCUT2D eigenvalue weighted by Gasteiger charge is 2.11. The van der Waals surface area contributed by atoms with Crippen molar-refractivity contribution in [2.24, 2.45) is 0 Å². The van der Waals surface area contributed by atoms with E-state index >= 15 is 0 Å². The Morgan fingerprint density at radius 3 is 2.45 bits per heavy atom. The predicted molar refractivity (Wildman–Crippen MR) is 83.2 cm³/mol. The van der Waals surface area contributed by atoms with E-state index in [0.29, 0.717) is 0 Å². The van der Waals surface area contributed by atoms with Crippen LogP contribution >= 0.6 is 11.5 Å². The molecule has 4 nitrogen and oxygen atoms in total. The van der Waals surface area contributed by atoms with E-state index in [1.807, 2.05) is 58.0 Å². The van der Waals surface area contributed by atoms with Crippen molar-refractivity contribution in [3.63, 3.8) is 0 Å². The van der Waals surface area contributed by atoms with Gasteiger partial charge in [0.05, 0.1) is 11.4 Å². The van der Waals surface area contributed by atoms with Gasteiger partial charge in [-0.3, -0.25) is 5.32 Å². The van der Waals surface area contributed by atoms with Crippen LogP contribution in [0.5, 0.6) is 0 Å². The summed E-state index contributed by atoms with van der Waals surface area (Å²) in [6.07, 6.45) is -0.453. The van der Waals surface area contributed by atoms with Gasteiger partial charge in [0.1, 0.15) is 6.61 Å². The van der Waals surface area contributed by atoms with E-state index in [1.54, 1.807) is 0 Å². The average Bonchev–Trinajstić information content (AvgIpc) is 2.80. The fourth-order valence-electron chi connectivity index (χ4n) is 1.52. The number of carbonyl (C=O) groups excluding carboxylic acids is 1. The summed E-state index contributed by atoms with van der Waals surface area (Å²) in [5.41, 5.74) is 2.52. The van der Waals surface area contributed by atoms with Crippen molar-refractivity contribution in [2.45, 2.75) is 34.3 Å². The van der Waals surface area contributed by atoms with Gasteiger partial charge in [0, 0.05) is 4.88 Å². The van der Waals surface area contributed by atoms with E-state index in [1.165, 1.54) is 11.5 Å². The normalized spacial score (nSPS) is 9.40. The SMILES string of the molecule is CC.Cc1nsc(C)c1NC(=O)OCc1ccccc1. The second kappa shape index (κ2) is 8.32. The van der Waals surface area contributed by atoms with Gasteiger partial charge in [0.2, 0.25) is 0 Å². The smallest absolute Gasteiger partial charge is 0.412 e. The van der Waals surface area contributed by atoms with E-state index in [9.17, 15) is 4.79 Å². The summed E-state index contributed by atoms with van der Waals surface area (Å²) >= 11 is 1.37. The summed E-state index contributed by atoms with van der Waals surface area (Å²) in [5.74, 6) is 0. The van der Waals surface area contributed by atoms with Crippen molar-refractivity contribution in [3.8, 4) is 0 Å². The lowest BCUT2D eigenvalue weighted by Crippen LogP contribution is -2.14. The molecule has 0 atom stereocenters. The minimum atomic E-state index is -0.453. The molecule has 1 aromatic heterocycles. The molecule has 0 saturated carbocycles. The Balaban J connectivity index is 0.000000956. The van der Waals surface area contributed by atoms with Crippen LogP contribution in [0.1, 0.15) is 30.0 Å². The summed E-state index contributed by atoms with van der Waals surface area (Å²) in [5, 5.41) is 2.72. The fraction of sp³-hybridized carbons (Fsp3) is 0.333. The zero-order chi connectivity index (χ0) is 15.0. The summed E-state index contributed by atoms with van der Waals surface area (Å²) in [6, 6.07) is 9.57. The van der Waals surface area contributed by atoms with Crippen LogP contribution in [0.3, 0.4) is 0 Å². The molecule has 2 aromatic rings. The van der Waals surface area contributed by atoms with Gasteiger partial charge in [-0.25, -0.2) is 4.79 Å². The maximum absolute atomic E-state index is 11.6. The average molecular weight is 292 g/mol. The number of benzene rings is 1. The van der Waals surface area contributed by atoms with Gasteiger partial charge in [0.15, 0.2) is 0 Å². The molecule has 0 bridgehead atoms. The maximum atomic E-state index is 11.6. The van der Waals surface area contributed by atoms with E-state index in [0.717, 1.165) is 21.8 Å². The van der Waals surface area contributed by atoms with Gasteiger partial charge < -0.3 is 4.74 Å². The molecule has 1 amide bonds. The zero-order valence-electron chi connectivity index (χ0n) is 12.3. The number of nitrogens with zero attached hydrogens (tertiary/aromatic N) is 1. The third-order valence-corrected chi connectivity index (χ3v) is 3.32. The van der Waals surface area contributed by atoms with Gasteiger partial charge in [0.25, 0.3) is 0 Å². The molecular weight excluding hydrogens is 272 g/mol. The van der Waals surface area contributed by atoms with Gasteiger partial charge in [-0.2, -0.15) is 4.37 Å². The molecule has 0 aliphatic carbocycles. The molecule has 1 N–H and O–H groups in total. The number of carbonyl (C=O) groups is 1. The molecular formula is C15H20N2O2S. The molecule has 20 heavy (non-hydrogen) atoms. The molecule has 2 rings (SSSR count). The molecule has 0 saturated heterocycles. The maximum Gasteiger partial charge on any atom is 0.412 e. The number of amides is 1. The zero-order valence-corrected chi connectivity index (χ0v) is 13.1. The van der Waals surface area contributed by atoms with Crippen molar-refractivity contribution in [1.29, 1.82) is 0 Å². The van der Waals surface area contributed by atoms with Crippen molar-refractivity contribution >= 4 is 23.3 Å². The van der Waals surface area contributed by atoms with Crippen molar-refractivity contribution < 1.29 is 9.53 Å². The number of hydrogen-bond acceptors (Lipinski definition) is 4. The monoisotopic (exact) mass is 292 g/mol. The van der Waals surface area contributed by atoms with Crippen LogP contribution < -0.4 is 5.32 Å². The summed E-state index contributed by atoms with van der Waals surface area (Å²) < 4.78 is 9.30. The van der Waals surface area contributed by atoms with Crippen molar-refractivity contribution in [1.82, 2.24) is 4.37 Å². The second-order valence-electron chi connectivity index (χ2n) is 3.89. The Hall–Kier alpha value is -1.88. The first kappa shape index (κ1) is 16.2. The fourth-order valence-corrected chi connectivity index (χ4v) is 2.18. The Bertz CT molecular complexity index is 519. The number of rotatable bonds is 3.